The van der Waals surface area contributed by atoms with E-state index in [1.165, 1.54) is 21.4 Å². The first kappa shape index (κ1) is 16.2. The highest BCUT2D eigenvalue weighted by molar-refractivity contribution is 8.26. The highest BCUT2D eigenvalue weighted by Crippen LogP contribution is 2.35. The molecule has 23 heavy (non-hydrogen) atoms. The number of carbonyl (C=O) groups excluding carboxylic acids is 1. The van der Waals surface area contributed by atoms with Crippen molar-refractivity contribution in [1.82, 2.24) is 4.90 Å². The second-order valence-corrected chi connectivity index (χ2v) is 7.81. The van der Waals surface area contributed by atoms with Crippen LogP contribution in [-0.2, 0) is 9.59 Å². The summed E-state index contributed by atoms with van der Waals surface area (Å²) in [5, 5.41) is 9.84. The minimum absolute atomic E-state index is 0.0341. The molecule has 1 amide bonds. The summed E-state index contributed by atoms with van der Waals surface area (Å²) in [5.74, 6) is -1.00. The van der Waals surface area contributed by atoms with E-state index < -0.39 is 5.97 Å². The summed E-state index contributed by atoms with van der Waals surface area (Å²) in [6, 6.07) is 10.1. The summed E-state index contributed by atoms with van der Waals surface area (Å²) in [6.07, 6.45) is 2.30. The van der Waals surface area contributed by atoms with Gasteiger partial charge in [0.05, 0.1) is 4.91 Å². The van der Waals surface area contributed by atoms with Crippen molar-refractivity contribution in [2.24, 2.45) is 0 Å². The first-order valence-corrected chi connectivity index (χ1v) is 9.04. The number of amides is 1. The van der Waals surface area contributed by atoms with E-state index in [9.17, 15) is 9.59 Å². The van der Waals surface area contributed by atoms with Gasteiger partial charge in [0.1, 0.15) is 4.32 Å². The second-order valence-electron chi connectivity index (χ2n) is 5.02. The highest BCUT2D eigenvalue weighted by atomic mass is 32.2. The fraction of sp³-hybridized carbons (Fsp3) is 0.188. The van der Waals surface area contributed by atoms with E-state index in [4.69, 9.17) is 17.3 Å². The standard InChI is InChI=1S/C16H13NO3S3/c18-14(19)6-3-7-17-15(20)13(23-16(17)21)9-11-8-10-4-1-2-5-12(10)22-11/h1-2,4-5,8-9H,3,6-7H2,(H,18,19)/b13-9+. The summed E-state index contributed by atoms with van der Waals surface area (Å²) in [4.78, 5) is 26.1. The zero-order valence-electron chi connectivity index (χ0n) is 12.0. The van der Waals surface area contributed by atoms with Crippen LogP contribution in [0, 0.1) is 0 Å². The minimum atomic E-state index is -0.865. The number of carbonyl (C=O) groups is 2. The molecule has 118 valence electrons. The van der Waals surface area contributed by atoms with Crippen LogP contribution in [0.15, 0.2) is 35.2 Å². The molecule has 1 aromatic carbocycles. The van der Waals surface area contributed by atoms with Crippen LogP contribution in [0.25, 0.3) is 16.2 Å². The van der Waals surface area contributed by atoms with Crippen molar-refractivity contribution in [1.29, 1.82) is 0 Å². The van der Waals surface area contributed by atoms with E-state index in [-0.39, 0.29) is 12.3 Å². The molecule has 0 bridgehead atoms. The minimum Gasteiger partial charge on any atom is -0.481 e. The first-order chi connectivity index (χ1) is 11.0. The number of carboxylic acid groups (broad SMARTS) is 1. The molecule has 0 spiro atoms. The maximum Gasteiger partial charge on any atom is 0.303 e. The quantitative estimate of drug-likeness (QED) is 0.643. The number of benzene rings is 1. The van der Waals surface area contributed by atoms with Gasteiger partial charge in [0.2, 0.25) is 0 Å². The summed E-state index contributed by atoms with van der Waals surface area (Å²) >= 11 is 8.14. The average molecular weight is 363 g/mol. The van der Waals surface area contributed by atoms with Gasteiger partial charge in [-0.2, -0.15) is 0 Å². The second kappa shape index (κ2) is 6.82. The van der Waals surface area contributed by atoms with Gasteiger partial charge in [0.25, 0.3) is 5.91 Å². The summed E-state index contributed by atoms with van der Waals surface area (Å²) in [6.45, 7) is 0.348. The Bertz CT molecular complexity index is 792. The largest absolute Gasteiger partial charge is 0.481 e. The van der Waals surface area contributed by atoms with Crippen molar-refractivity contribution in [3.05, 3.63) is 40.1 Å². The maximum absolute atomic E-state index is 12.4. The third-order valence-corrected chi connectivity index (χ3v) is 5.80. The molecule has 3 rings (SSSR count). The van der Waals surface area contributed by atoms with E-state index >= 15 is 0 Å². The molecule has 4 nitrogen and oxygen atoms in total. The number of hydrogen-bond donors (Lipinski definition) is 1. The lowest BCUT2D eigenvalue weighted by Crippen LogP contribution is -2.29. The number of hydrogen-bond acceptors (Lipinski definition) is 5. The average Bonchev–Trinajstić information content (AvgIpc) is 3.02. The Balaban J connectivity index is 1.76. The molecular weight excluding hydrogens is 350 g/mol. The number of nitrogens with zero attached hydrogens (tertiary/aromatic N) is 1. The Hall–Kier alpha value is -1.70. The lowest BCUT2D eigenvalue weighted by molar-refractivity contribution is -0.137. The van der Waals surface area contributed by atoms with Gasteiger partial charge < -0.3 is 5.11 Å². The monoisotopic (exact) mass is 363 g/mol. The van der Waals surface area contributed by atoms with Crippen LogP contribution in [0.5, 0.6) is 0 Å². The molecule has 7 heteroatoms. The molecule has 0 saturated carbocycles. The van der Waals surface area contributed by atoms with E-state index in [0.29, 0.717) is 22.2 Å². The van der Waals surface area contributed by atoms with Gasteiger partial charge in [-0.3, -0.25) is 14.5 Å². The van der Waals surface area contributed by atoms with E-state index in [1.54, 1.807) is 11.3 Å². The molecule has 1 aliphatic rings. The molecule has 1 saturated heterocycles. The molecular formula is C16H13NO3S3. The van der Waals surface area contributed by atoms with Crippen LogP contribution in [0.4, 0.5) is 0 Å². The predicted octanol–water partition coefficient (Wildman–Crippen LogP) is 3.97. The number of fused-ring (bicyclic) bond motifs is 1. The van der Waals surface area contributed by atoms with Gasteiger partial charge in [-0.05, 0) is 30.0 Å². The number of carboxylic acids is 1. The molecule has 2 heterocycles. The van der Waals surface area contributed by atoms with Gasteiger partial charge in [-0.25, -0.2) is 0 Å². The van der Waals surface area contributed by atoms with Crippen LogP contribution in [0.3, 0.4) is 0 Å². The predicted molar refractivity (Wildman–Crippen MR) is 98.6 cm³/mol. The first-order valence-electron chi connectivity index (χ1n) is 7.00. The number of aliphatic carboxylic acids is 1. The number of thiophene rings is 1. The fourth-order valence-electron chi connectivity index (χ4n) is 2.28. The van der Waals surface area contributed by atoms with E-state index in [0.717, 1.165) is 10.3 Å². The van der Waals surface area contributed by atoms with Crippen LogP contribution >= 0.6 is 35.3 Å². The molecule has 1 aromatic heterocycles. The molecule has 0 unspecified atom stereocenters. The molecule has 2 aromatic rings. The third-order valence-electron chi connectivity index (χ3n) is 3.36. The number of thioether (sulfide) groups is 1. The Morgan fingerprint density at radius 3 is 2.87 bits per heavy atom. The SMILES string of the molecule is O=C(O)CCCN1C(=O)/C(=C\c2cc3ccccc3s2)SC1=S. The van der Waals surface area contributed by atoms with Crippen molar-refractivity contribution >= 4 is 67.7 Å². The maximum atomic E-state index is 12.4. The van der Waals surface area contributed by atoms with Gasteiger partial charge in [-0.1, -0.05) is 42.2 Å². The van der Waals surface area contributed by atoms with Gasteiger partial charge in [-0.15, -0.1) is 11.3 Å². The molecule has 1 aliphatic heterocycles. The number of rotatable bonds is 5. The Morgan fingerprint density at radius 1 is 1.35 bits per heavy atom. The van der Waals surface area contributed by atoms with Gasteiger partial charge in [0.15, 0.2) is 0 Å². The normalized spacial score (nSPS) is 16.7. The zero-order valence-corrected chi connectivity index (χ0v) is 14.5. The molecule has 1 fully saturated rings. The van der Waals surface area contributed by atoms with Crippen LogP contribution < -0.4 is 0 Å². The van der Waals surface area contributed by atoms with Crippen molar-refractivity contribution in [3.63, 3.8) is 0 Å². The molecule has 1 N–H and O–H groups in total. The smallest absolute Gasteiger partial charge is 0.303 e. The van der Waals surface area contributed by atoms with Crippen molar-refractivity contribution in [3.8, 4) is 0 Å². The van der Waals surface area contributed by atoms with Gasteiger partial charge in [0, 0.05) is 22.5 Å². The molecule has 0 atom stereocenters. The summed E-state index contributed by atoms with van der Waals surface area (Å²) < 4.78 is 1.67. The van der Waals surface area contributed by atoms with Crippen molar-refractivity contribution in [2.75, 3.05) is 6.54 Å². The third kappa shape index (κ3) is 3.63. The lowest BCUT2D eigenvalue weighted by Gasteiger charge is -2.13. The lowest BCUT2D eigenvalue weighted by atomic mass is 10.2. The van der Waals surface area contributed by atoms with Crippen molar-refractivity contribution < 1.29 is 14.7 Å². The molecule has 0 aliphatic carbocycles. The fourth-order valence-corrected chi connectivity index (χ4v) is 4.67. The zero-order chi connectivity index (χ0) is 16.4. The molecule has 0 radical (unpaired) electrons. The Morgan fingerprint density at radius 2 is 2.13 bits per heavy atom. The summed E-state index contributed by atoms with van der Waals surface area (Å²) in [5.41, 5.74) is 0. The highest BCUT2D eigenvalue weighted by Gasteiger charge is 2.31. The Kier molecular flexibility index (Phi) is 4.79. The number of thiocarbonyl (C=S) groups is 1. The topological polar surface area (TPSA) is 57.6 Å². The van der Waals surface area contributed by atoms with E-state index in [1.807, 2.05) is 24.3 Å². The van der Waals surface area contributed by atoms with Crippen LogP contribution in [0.1, 0.15) is 17.7 Å². The Labute approximate surface area is 146 Å². The van der Waals surface area contributed by atoms with E-state index in [2.05, 4.69) is 12.1 Å². The van der Waals surface area contributed by atoms with Crippen LogP contribution in [0.2, 0.25) is 0 Å². The summed E-state index contributed by atoms with van der Waals surface area (Å²) in [7, 11) is 0. The van der Waals surface area contributed by atoms with Gasteiger partial charge >= 0.3 is 5.97 Å². The van der Waals surface area contributed by atoms with Crippen LogP contribution in [-0.4, -0.2) is 32.7 Å². The van der Waals surface area contributed by atoms with Crippen molar-refractivity contribution in [2.45, 2.75) is 12.8 Å².